The van der Waals surface area contributed by atoms with E-state index in [0.29, 0.717) is 31.0 Å². The number of esters is 1. The summed E-state index contributed by atoms with van der Waals surface area (Å²) in [7, 11) is -2.31. The van der Waals surface area contributed by atoms with Crippen LogP contribution in [0.3, 0.4) is 0 Å². The zero-order valence-corrected chi connectivity index (χ0v) is 16.6. The number of sulfonamides is 1. The topological polar surface area (TPSA) is 111 Å². The Kier molecular flexibility index (Phi) is 6.06. The second-order valence-corrected chi connectivity index (χ2v) is 8.38. The number of morpholine rings is 1. The summed E-state index contributed by atoms with van der Waals surface area (Å²) < 4.78 is 42.1. The Labute approximate surface area is 162 Å². The van der Waals surface area contributed by atoms with Crippen LogP contribution in [0.15, 0.2) is 27.4 Å². The number of nitrogens with zero attached hydrogens (tertiary/aromatic N) is 3. The molecule has 28 heavy (non-hydrogen) atoms. The SMILES string of the molecule is COC(=O)Cn1c(=O)oc2cc(N(CCN3CCOCC3)S(C)(=O)=O)ccc21. The van der Waals surface area contributed by atoms with E-state index in [4.69, 9.17) is 9.15 Å². The number of benzene rings is 1. The minimum atomic E-state index is -3.54. The average Bonchev–Trinajstić information content (AvgIpc) is 2.96. The molecule has 11 heteroatoms. The van der Waals surface area contributed by atoms with Gasteiger partial charge in [0.1, 0.15) is 6.54 Å². The van der Waals surface area contributed by atoms with Gasteiger partial charge in [-0.15, -0.1) is 0 Å². The predicted octanol–water partition coefficient (Wildman–Crippen LogP) is -0.134. The number of hydrogen-bond acceptors (Lipinski definition) is 8. The van der Waals surface area contributed by atoms with Gasteiger partial charge in [-0.25, -0.2) is 13.2 Å². The molecule has 1 aliphatic heterocycles. The van der Waals surface area contributed by atoms with Crippen LogP contribution < -0.4 is 10.1 Å². The first-order valence-electron chi connectivity index (χ1n) is 8.77. The number of hydrogen-bond donors (Lipinski definition) is 0. The summed E-state index contributed by atoms with van der Waals surface area (Å²) in [5.74, 6) is -1.30. The van der Waals surface area contributed by atoms with Crippen molar-refractivity contribution in [2.24, 2.45) is 0 Å². The maximum Gasteiger partial charge on any atom is 0.420 e. The molecule has 0 amide bonds. The first-order valence-corrected chi connectivity index (χ1v) is 10.6. The molecule has 0 radical (unpaired) electrons. The van der Waals surface area contributed by atoms with Gasteiger partial charge < -0.3 is 13.9 Å². The fourth-order valence-electron chi connectivity index (χ4n) is 3.10. The number of rotatable bonds is 7. The van der Waals surface area contributed by atoms with E-state index in [1.807, 2.05) is 0 Å². The van der Waals surface area contributed by atoms with E-state index in [-0.39, 0.29) is 18.7 Å². The van der Waals surface area contributed by atoms with Crippen LogP contribution in [0.1, 0.15) is 0 Å². The van der Waals surface area contributed by atoms with Gasteiger partial charge in [0.2, 0.25) is 10.0 Å². The normalized spacial score (nSPS) is 15.6. The highest BCUT2D eigenvalue weighted by atomic mass is 32.2. The van der Waals surface area contributed by atoms with Gasteiger partial charge in [0.05, 0.1) is 37.8 Å². The molecule has 10 nitrogen and oxygen atoms in total. The third-order valence-electron chi connectivity index (χ3n) is 4.58. The van der Waals surface area contributed by atoms with Crippen molar-refractivity contribution < 1.29 is 27.1 Å². The van der Waals surface area contributed by atoms with Crippen molar-refractivity contribution in [3.63, 3.8) is 0 Å². The van der Waals surface area contributed by atoms with Gasteiger partial charge in [0, 0.05) is 32.2 Å². The number of anilines is 1. The maximum atomic E-state index is 12.3. The molecule has 0 bridgehead atoms. The molecule has 1 aliphatic rings. The molecule has 1 fully saturated rings. The van der Waals surface area contributed by atoms with Crippen LogP contribution in [0.5, 0.6) is 0 Å². The summed E-state index contributed by atoms with van der Waals surface area (Å²) in [5, 5.41) is 0. The Balaban J connectivity index is 1.88. The molecule has 2 aromatic rings. The predicted molar refractivity (Wildman–Crippen MR) is 102 cm³/mol. The average molecular weight is 413 g/mol. The highest BCUT2D eigenvalue weighted by Gasteiger charge is 2.21. The van der Waals surface area contributed by atoms with E-state index in [1.165, 1.54) is 17.5 Å². The quantitative estimate of drug-likeness (QED) is 0.577. The van der Waals surface area contributed by atoms with Crippen molar-refractivity contribution in [3.05, 3.63) is 28.7 Å². The van der Waals surface area contributed by atoms with Gasteiger partial charge in [0.25, 0.3) is 0 Å². The lowest BCUT2D eigenvalue weighted by atomic mass is 10.2. The monoisotopic (exact) mass is 413 g/mol. The van der Waals surface area contributed by atoms with Crippen LogP contribution in [0.25, 0.3) is 11.1 Å². The number of carbonyl (C=O) groups excluding carboxylic acids is 1. The van der Waals surface area contributed by atoms with E-state index in [0.717, 1.165) is 23.9 Å². The molecular formula is C17H23N3O7S. The lowest BCUT2D eigenvalue weighted by molar-refractivity contribution is -0.141. The van der Waals surface area contributed by atoms with Crippen molar-refractivity contribution in [1.82, 2.24) is 9.47 Å². The van der Waals surface area contributed by atoms with Gasteiger partial charge in [-0.05, 0) is 12.1 Å². The molecule has 1 saturated heterocycles. The summed E-state index contributed by atoms with van der Waals surface area (Å²) in [5.41, 5.74) is 0.981. The number of aromatic nitrogens is 1. The Morgan fingerprint density at radius 3 is 2.64 bits per heavy atom. The molecule has 0 N–H and O–H groups in total. The fourth-order valence-corrected chi connectivity index (χ4v) is 4.01. The fraction of sp³-hybridized carbons (Fsp3) is 0.529. The smallest absolute Gasteiger partial charge is 0.420 e. The number of fused-ring (bicyclic) bond motifs is 1. The molecule has 0 aliphatic carbocycles. The van der Waals surface area contributed by atoms with Crippen molar-refractivity contribution >= 4 is 32.8 Å². The largest absolute Gasteiger partial charge is 0.468 e. The Morgan fingerprint density at radius 2 is 2.00 bits per heavy atom. The molecule has 1 aromatic carbocycles. The summed E-state index contributed by atoms with van der Waals surface area (Å²) in [6.45, 7) is 3.30. The van der Waals surface area contributed by atoms with Crippen molar-refractivity contribution in [2.45, 2.75) is 6.54 Å². The third kappa shape index (κ3) is 4.54. The van der Waals surface area contributed by atoms with Crippen LogP contribution in [-0.2, 0) is 30.8 Å². The minimum absolute atomic E-state index is 0.200. The van der Waals surface area contributed by atoms with Gasteiger partial charge >= 0.3 is 11.7 Å². The second-order valence-electron chi connectivity index (χ2n) is 6.47. The van der Waals surface area contributed by atoms with Crippen molar-refractivity contribution in [3.8, 4) is 0 Å². The number of oxazole rings is 1. The van der Waals surface area contributed by atoms with Crippen LogP contribution in [-0.4, -0.2) is 76.6 Å². The standard InChI is InChI=1S/C17H23N3O7S/c1-25-16(21)12-19-14-4-3-13(11-15(14)27-17(19)22)20(28(2,23)24)6-5-18-7-9-26-10-8-18/h3-4,11H,5-10,12H2,1-2H3. The van der Waals surface area contributed by atoms with Crippen LogP contribution >= 0.6 is 0 Å². The molecule has 154 valence electrons. The molecular weight excluding hydrogens is 390 g/mol. The van der Waals surface area contributed by atoms with Gasteiger partial charge in [-0.2, -0.15) is 0 Å². The first kappa shape index (κ1) is 20.4. The molecule has 3 rings (SSSR count). The summed E-state index contributed by atoms with van der Waals surface area (Å²) in [6.07, 6.45) is 1.13. The van der Waals surface area contributed by atoms with Crippen LogP contribution in [0, 0.1) is 0 Å². The number of ether oxygens (including phenoxy) is 2. The van der Waals surface area contributed by atoms with Crippen molar-refractivity contribution in [2.75, 3.05) is 57.1 Å². The zero-order chi connectivity index (χ0) is 20.3. The lowest BCUT2D eigenvalue weighted by Gasteiger charge is -2.30. The van der Waals surface area contributed by atoms with E-state index < -0.39 is 21.7 Å². The van der Waals surface area contributed by atoms with E-state index in [9.17, 15) is 18.0 Å². The van der Waals surface area contributed by atoms with Gasteiger partial charge in [-0.1, -0.05) is 0 Å². The summed E-state index contributed by atoms with van der Waals surface area (Å²) in [4.78, 5) is 25.7. The molecule has 0 saturated carbocycles. The third-order valence-corrected chi connectivity index (χ3v) is 5.77. The summed E-state index contributed by atoms with van der Waals surface area (Å²) >= 11 is 0. The highest BCUT2D eigenvalue weighted by molar-refractivity contribution is 7.92. The molecule has 0 spiro atoms. The molecule has 0 unspecified atom stereocenters. The van der Waals surface area contributed by atoms with Crippen molar-refractivity contribution in [1.29, 1.82) is 0 Å². The molecule has 2 heterocycles. The Hall–Kier alpha value is -2.37. The van der Waals surface area contributed by atoms with E-state index in [1.54, 1.807) is 12.1 Å². The lowest BCUT2D eigenvalue weighted by Crippen LogP contribution is -2.43. The highest BCUT2D eigenvalue weighted by Crippen LogP contribution is 2.24. The van der Waals surface area contributed by atoms with Gasteiger partial charge in [0.15, 0.2) is 5.58 Å². The van der Waals surface area contributed by atoms with Crippen LogP contribution in [0.4, 0.5) is 5.69 Å². The minimum Gasteiger partial charge on any atom is -0.468 e. The zero-order valence-electron chi connectivity index (χ0n) is 15.8. The molecule has 1 aromatic heterocycles. The van der Waals surface area contributed by atoms with Crippen LogP contribution in [0.2, 0.25) is 0 Å². The molecule has 0 atom stereocenters. The second kappa shape index (κ2) is 8.33. The summed E-state index contributed by atoms with van der Waals surface area (Å²) in [6, 6.07) is 4.64. The van der Waals surface area contributed by atoms with E-state index >= 15 is 0 Å². The Morgan fingerprint density at radius 1 is 1.29 bits per heavy atom. The first-order chi connectivity index (χ1) is 13.3. The van der Waals surface area contributed by atoms with E-state index in [2.05, 4.69) is 9.64 Å². The number of methoxy groups -OCH3 is 1. The maximum absolute atomic E-state index is 12.3. The Bertz CT molecular complexity index is 1010. The number of carbonyl (C=O) groups is 1. The van der Waals surface area contributed by atoms with Gasteiger partial charge in [-0.3, -0.25) is 18.6 Å².